The highest BCUT2D eigenvalue weighted by Crippen LogP contribution is 2.21. The predicted molar refractivity (Wildman–Crippen MR) is 274 cm³/mol. The summed E-state index contributed by atoms with van der Waals surface area (Å²) in [4.78, 5) is 179. The molecule has 0 saturated carbocycles. The van der Waals surface area contributed by atoms with Crippen LogP contribution in [-0.2, 0) is 79.8 Å². The van der Waals surface area contributed by atoms with Crippen molar-refractivity contribution in [3.8, 4) is 0 Å². The summed E-state index contributed by atoms with van der Waals surface area (Å²) < 4.78 is 10.9. The van der Waals surface area contributed by atoms with E-state index in [4.69, 9.17) is 9.47 Å². The first-order valence-electron chi connectivity index (χ1n) is 25.4. The molecule has 416 valence electrons. The van der Waals surface area contributed by atoms with Gasteiger partial charge in [0.25, 0.3) is 0 Å². The lowest BCUT2D eigenvalue weighted by molar-refractivity contribution is -0.141. The highest BCUT2D eigenvalue weighted by atomic mass is 16.5. The smallest absolute Gasteiger partial charge is 0.325 e. The predicted octanol–water partition coefficient (Wildman–Crippen LogP) is 2.10. The van der Waals surface area contributed by atoms with Gasteiger partial charge in [0.05, 0.1) is 51.4 Å². The quantitative estimate of drug-likeness (QED) is 0.0451. The summed E-state index contributed by atoms with van der Waals surface area (Å²) in [5.74, 6) is -9.23. The van der Waals surface area contributed by atoms with Crippen molar-refractivity contribution in [2.75, 3.05) is 63.2 Å². The molecule has 0 aliphatic carbocycles. The van der Waals surface area contributed by atoms with Crippen LogP contribution in [0.2, 0.25) is 0 Å². The van der Waals surface area contributed by atoms with Crippen molar-refractivity contribution in [1.29, 1.82) is 0 Å². The van der Waals surface area contributed by atoms with Gasteiger partial charge in [0.2, 0.25) is 47.3 Å². The SMILES string of the molecule is CC(=O)Cc1ccc(NC(=O)NC(=O)C(CC(=O)CCCC(=O)CC(CC(=O)NCCOCCN2C(=O)CC(C)C2=O)C(=O)NC(=O)Nc2ccc(CC(C)=O)cc2)CC(=O)NCCOCCN2C(=O)CC(C)C2=O)cc1. The lowest BCUT2D eigenvalue weighted by Gasteiger charge is -2.17. The van der Waals surface area contributed by atoms with Crippen molar-refractivity contribution in [2.24, 2.45) is 23.7 Å². The Hall–Kier alpha value is -7.86. The number of hydrogen-bond acceptors (Lipinski definition) is 16. The number of anilines is 2. The summed E-state index contributed by atoms with van der Waals surface area (Å²) in [5, 5.41) is 14.4. The number of carbonyl (C=O) groups is 14. The molecule has 2 aromatic carbocycles. The van der Waals surface area contributed by atoms with Crippen molar-refractivity contribution < 1.29 is 76.6 Å². The molecule has 2 heterocycles. The zero-order valence-corrected chi connectivity index (χ0v) is 43.8. The average Bonchev–Trinajstić information content (AvgIpc) is 3.75. The number of nitrogens with zero attached hydrogens (tertiary/aromatic N) is 2. The van der Waals surface area contributed by atoms with Crippen molar-refractivity contribution >= 4 is 93.8 Å². The van der Waals surface area contributed by atoms with Gasteiger partial charge in [-0.05, 0) is 55.7 Å². The third kappa shape index (κ3) is 22.1. The van der Waals surface area contributed by atoms with E-state index < -0.39 is 96.6 Å². The van der Waals surface area contributed by atoms with Crippen LogP contribution in [-0.4, -0.2) is 145 Å². The number of benzene rings is 2. The van der Waals surface area contributed by atoms with Crippen LogP contribution in [0.3, 0.4) is 0 Å². The topological polar surface area (TPSA) is 336 Å². The first-order valence-corrected chi connectivity index (χ1v) is 25.4. The summed E-state index contributed by atoms with van der Waals surface area (Å²) in [7, 11) is 0. The summed E-state index contributed by atoms with van der Waals surface area (Å²) in [5.41, 5.74) is 1.96. The summed E-state index contributed by atoms with van der Waals surface area (Å²) in [6, 6.07) is 10.6. The molecule has 0 bridgehead atoms. The molecule has 2 aliphatic heterocycles. The van der Waals surface area contributed by atoms with E-state index in [1.807, 2.05) is 0 Å². The maximum absolute atomic E-state index is 13.5. The van der Waals surface area contributed by atoms with Crippen LogP contribution in [0, 0.1) is 23.7 Å². The minimum Gasteiger partial charge on any atom is -0.378 e. The van der Waals surface area contributed by atoms with Gasteiger partial charge < -0.3 is 30.7 Å². The largest absolute Gasteiger partial charge is 0.378 e. The second-order valence-electron chi connectivity index (χ2n) is 19.1. The van der Waals surface area contributed by atoms with E-state index in [0.717, 1.165) is 9.80 Å². The van der Waals surface area contributed by atoms with Gasteiger partial charge in [-0.3, -0.25) is 78.0 Å². The number of carbonyl (C=O) groups excluding carboxylic acids is 14. The van der Waals surface area contributed by atoms with Crippen LogP contribution in [0.4, 0.5) is 21.0 Å². The Morgan fingerprint density at radius 2 is 0.896 bits per heavy atom. The fourth-order valence-electron chi connectivity index (χ4n) is 8.29. The van der Waals surface area contributed by atoms with Gasteiger partial charge >= 0.3 is 12.1 Å². The molecule has 6 N–H and O–H groups in total. The Morgan fingerprint density at radius 3 is 1.22 bits per heavy atom. The summed E-state index contributed by atoms with van der Waals surface area (Å²) >= 11 is 0. The Kier molecular flexibility index (Phi) is 25.0. The Labute approximate surface area is 445 Å². The van der Waals surface area contributed by atoms with E-state index in [2.05, 4.69) is 31.9 Å². The molecule has 2 saturated heterocycles. The zero-order valence-electron chi connectivity index (χ0n) is 43.8. The highest BCUT2D eigenvalue weighted by molar-refractivity contribution is 6.06. The van der Waals surface area contributed by atoms with Gasteiger partial charge in [-0.15, -0.1) is 0 Å². The number of rotatable bonds is 32. The molecule has 0 spiro atoms. The van der Waals surface area contributed by atoms with Crippen LogP contribution < -0.4 is 31.9 Å². The molecule has 2 fully saturated rings. The molecule has 0 radical (unpaired) electrons. The lowest BCUT2D eigenvalue weighted by Crippen LogP contribution is -2.41. The maximum Gasteiger partial charge on any atom is 0.325 e. The molecule has 24 heteroatoms. The highest BCUT2D eigenvalue weighted by Gasteiger charge is 2.36. The third-order valence-corrected chi connectivity index (χ3v) is 12.3. The molecular weight excluding hydrogens is 1000 g/mol. The number of hydrogen-bond donors (Lipinski definition) is 6. The normalized spacial score (nSPS) is 15.8. The molecule has 2 aromatic rings. The van der Waals surface area contributed by atoms with E-state index in [-0.39, 0.29) is 144 Å². The standard InChI is InChI=1S/C53H68N8O16/c1-32-24-46(68)60(50(32)72)18-22-76-20-16-54-44(66)30-38(48(70)58-52(74)56-40-12-8-36(9-13-40)26-34(3)62)28-42(64)6-5-7-43(65)29-39(49(71)59-53(75)57-41-14-10-37(11-15-41)27-35(4)63)31-45(67)55-17-21-77-23-19-61-47(69)25-33(2)51(61)73/h8-15,32-33,38-39H,5-7,16-31H2,1-4H3,(H,54,66)(H,55,67)(H2,56,58,70,74)(H2,57,59,71,75). The van der Waals surface area contributed by atoms with Crippen molar-refractivity contribution in [3.05, 3.63) is 59.7 Å². The van der Waals surface area contributed by atoms with Crippen LogP contribution in [0.25, 0.3) is 0 Å². The molecule has 0 aromatic heterocycles. The molecule has 4 rings (SSSR count). The van der Waals surface area contributed by atoms with Gasteiger partial charge in [0.1, 0.15) is 23.1 Å². The first kappa shape index (κ1) is 61.7. The molecule has 12 amide bonds. The minimum absolute atomic E-state index is 0.0169. The average molecular weight is 1070 g/mol. The second-order valence-corrected chi connectivity index (χ2v) is 19.1. The van der Waals surface area contributed by atoms with Crippen LogP contribution in [0.5, 0.6) is 0 Å². The summed E-state index contributed by atoms with van der Waals surface area (Å²) in [6.45, 7) is 6.18. The number of amides is 12. The Bertz CT molecular complexity index is 2360. The minimum atomic E-state index is -1.36. The fourth-order valence-corrected chi connectivity index (χ4v) is 8.29. The van der Waals surface area contributed by atoms with E-state index >= 15 is 0 Å². The van der Waals surface area contributed by atoms with Gasteiger partial charge in [-0.1, -0.05) is 38.1 Å². The van der Waals surface area contributed by atoms with E-state index in [1.165, 1.54) is 38.1 Å². The monoisotopic (exact) mass is 1070 g/mol. The number of nitrogens with one attached hydrogen (secondary N) is 6. The molecule has 24 nitrogen and oxygen atoms in total. The third-order valence-electron chi connectivity index (χ3n) is 12.3. The number of ketones is 4. The zero-order chi connectivity index (χ0) is 56.6. The molecule has 2 aliphatic rings. The molecule has 4 unspecified atom stereocenters. The van der Waals surface area contributed by atoms with Gasteiger partial charge in [-0.25, -0.2) is 9.59 Å². The number of ether oxygens (including phenoxy) is 2. The Balaban J connectivity index is 1.32. The second kappa shape index (κ2) is 31.3. The molecular formula is C53H68N8O16. The van der Waals surface area contributed by atoms with Gasteiger partial charge in [-0.2, -0.15) is 0 Å². The number of imide groups is 4. The maximum atomic E-state index is 13.5. The fraction of sp³-hybridized carbons (Fsp3) is 0.509. The van der Waals surface area contributed by atoms with E-state index in [0.29, 0.717) is 11.1 Å². The van der Waals surface area contributed by atoms with Crippen LogP contribution in [0.1, 0.15) is 96.6 Å². The first-order chi connectivity index (χ1) is 36.6. The van der Waals surface area contributed by atoms with Crippen molar-refractivity contribution in [2.45, 2.75) is 98.3 Å². The molecule has 77 heavy (non-hydrogen) atoms. The number of Topliss-reactive ketones (excluding diaryl/α,β-unsaturated/α-hetero) is 4. The molecule has 4 atom stereocenters. The number of urea groups is 2. The van der Waals surface area contributed by atoms with Gasteiger partial charge in [0, 0.05) is 101 Å². The van der Waals surface area contributed by atoms with Gasteiger partial charge in [0.15, 0.2) is 0 Å². The lowest BCUT2D eigenvalue weighted by atomic mass is 9.93. The van der Waals surface area contributed by atoms with E-state index in [9.17, 15) is 67.1 Å². The van der Waals surface area contributed by atoms with Crippen molar-refractivity contribution in [3.63, 3.8) is 0 Å². The Morgan fingerprint density at radius 1 is 0.532 bits per heavy atom. The summed E-state index contributed by atoms with van der Waals surface area (Å²) in [6.07, 6.45) is -2.14. The van der Waals surface area contributed by atoms with Crippen LogP contribution in [0.15, 0.2) is 48.5 Å². The number of likely N-dealkylation sites (tertiary alicyclic amines) is 2. The van der Waals surface area contributed by atoms with Crippen LogP contribution >= 0.6 is 0 Å². The van der Waals surface area contributed by atoms with E-state index in [1.54, 1.807) is 38.1 Å². The van der Waals surface area contributed by atoms with Crippen molar-refractivity contribution in [1.82, 2.24) is 31.1 Å².